The van der Waals surface area contributed by atoms with Crippen molar-refractivity contribution in [3.8, 4) is 11.4 Å². The smallest absolute Gasteiger partial charge is 0.449 e. The molecule has 0 spiro atoms. The monoisotopic (exact) mass is 334 g/mol. The van der Waals surface area contributed by atoms with Gasteiger partial charge in [-0.25, -0.2) is 14.2 Å². The molecule has 1 aromatic carbocycles. The molecule has 8 heteroatoms. The summed E-state index contributed by atoms with van der Waals surface area (Å²) in [7, 11) is 0. The maximum atomic E-state index is 13.7. The fourth-order valence-electron chi connectivity index (χ4n) is 2.13. The largest absolute Gasteiger partial charge is 0.511 e. The number of hydrogen-bond donors (Lipinski definition) is 1. The number of fused-ring (bicyclic) bond motifs is 1. The van der Waals surface area contributed by atoms with Crippen LogP contribution in [0.25, 0.3) is 16.7 Å². The Morgan fingerprint density at radius 1 is 1.30 bits per heavy atom. The SMILES string of the molecule is O=C(O)Oc1cn(-c2ccccc2)c2nc(Cl)c(F)cc2c1=O. The first-order valence-electron chi connectivity index (χ1n) is 6.35. The van der Waals surface area contributed by atoms with Crippen molar-refractivity contribution in [1.82, 2.24) is 9.55 Å². The lowest BCUT2D eigenvalue weighted by Crippen LogP contribution is -2.16. The van der Waals surface area contributed by atoms with Crippen molar-refractivity contribution >= 4 is 28.8 Å². The highest BCUT2D eigenvalue weighted by molar-refractivity contribution is 6.29. The van der Waals surface area contributed by atoms with Gasteiger partial charge in [-0.15, -0.1) is 0 Å². The van der Waals surface area contributed by atoms with E-state index in [1.54, 1.807) is 30.3 Å². The first-order valence-corrected chi connectivity index (χ1v) is 6.73. The van der Waals surface area contributed by atoms with Gasteiger partial charge in [0.1, 0.15) is 0 Å². The molecule has 0 amide bonds. The molecule has 0 unspecified atom stereocenters. The number of ether oxygens (including phenoxy) is 1. The summed E-state index contributed by atoms with van der Waals surface area (Å²) in [6.45, 7) is 0. The summed E-state index contributed by atoms with van der Waals surface area (Å²) in [5, 5.41) is 8.20. The van der Waals surface area contributed by atoms with E-state index in [4.69, 9.17) is 16.7 Å². The molecule has 2 aromatic heterocycles. The summed E-state index contributed by atoms with van der Waals surface area (Å²) in [5.41, 5.74) is -0.133. The Balaban J connectivity index is 2.41. The fraction of sp³-hybridized carbons (Fsp3) is 0. The summed E-state index contributed by atoms with van der Waals surface area (Å²) in [6.07, 6.45) is -0.474. The van der Waals surface area contributed by atoms with Gasteiger partial charge in [-0.05, 0) is 18.2 Å². The second kappa shape index (κ2) is 5.69. The molecule has 3 rings (SSSR count). The normalized spacial score (nSPS) is 10.7. The van der Waals surface area contributed by atoms with Gasteiger partial charge in [-0.3, -0.25) is 9.36 Å². The number of aromatic nitrogens is 2. The van der Waals surface area contributed by atoms with Crippen molar-refractivity contribution in [2.45, 2.75) is 0 Å². The van der Waals surface area contributed by atoms with Gasteiger partial charge in [-0.2, -0.15) is 0 Å². The van der Waals surface area contributed by atoms with Crippen molar-refractivity contribution in [2.24, 2.45) is 0 Å². The second-order valence-electron chi connectivity index (χ2n) is 4.53. The lowest BCUT2D eigenvalue weighted by Gasteiger charge is -2.12. The minimum atomic E-state index is -1.65. The van der Waals surface area contributed by atoms with Crippen molar-refractivity contribution in [3.05, 3.63) is 63.8 Å². The van der Waals surface area contributed by atoms with Gasteiger partial charge in [0, 0.05) is 5.69 Å². The number of rotatable bonds is 2. The standard InChI is InChI=1S/C15H8ClFN2O4/c16-13-10(17)6-9-12(20)11(23-15(21)22)7-19(14(9)18-13)8-4-2-1-3-5-8/h1-7H,(H,21,22). The van der Waals surface area contributed by atoms with E-state index in [0.717, 1.165) is 6.07 Å². The third-order valence-electron chi connectivity index (χ3n) is 3.09. The lowest BCUT2D eigenvalue weighted by molar-refractivity contribution is 0.144. The third-order valence-corrected chi connectivity index (χ3v) is 3.35. The number of carbonyl (C=O) groups is 1. The molecule has 23 heavy (non-hydrogen) atoms. The minimum Gasteiger partial charge on any atom is -0.449 e. The van der Waals surface area contributed by atoms with Crippen LogP contribution >= 0.6 is 11.6 Å². The average molecular weight is 335 g/mol. The predicted molar refractivity (Wildman–Crippen MR) is 81.0 cm³/mol. The van der Waals surface area contributed by atoms with Crippen LogP contribution in [0.3, 0.4) is 0 Å². The van der Waals surface area contributed by atoms with Crippen LogP contribution in [0.4, 0.5) is 9.18 Å². The molecule has 6 nitrogen and oxygen atoms in total. The fourth-order valence-corrected chi connectivity index (χ4v) is 2.26. The van der Waals surface area contributed by atoms with E-state index in [9.17, 15) is 14.0 Å². The molecule has 116 valence electrons. The molecule has 0 atom stereocenters. The molecule has 0 fully saturated rings. The first kappa shape index (κ1) is 15.0. The quantitative estimate of drug-likeness (QED) is 0.574. The Labute approximate surface area is 133 Å². The molecule has 0 saturated carbocycles. The van der Waals surface area contributed by atoms with E-state index in [0.29, 0.717) is 5.69 Å². The van der Waals surface area contributed by atoms with Crippen molar-refractivity contribution in [3.63, 3.8) is 0 Å². The van der Waals surface area contributed by atoms with Crippen LogP contribution in [0.15, 0.2) is 47.4 Å². The molecule has 1 N–H and O–H groups in total. The number of carboxylic acid groups (broad SMARTS) is 1. The molecule has 0 bridgehead atoms. The molecule has 0 aliphatic carbocycles. The first-order chi connectivity index (χ1) is 11.0. The van der Waals surface area contributed by atoms with Crippen LogP contribution in [0.2, 0.25) is 5.15 Å². The second-order valence-corrected chi connectivity index (χ2v) is 4.89. The summed E-state index contributed by atoms with van der Waals surface area (Å²) < 4.78 is 19.5. The Hall–Kier alpha value is -2.93. The molecular weight excluding hydrogens is 327 g/mol. The number of hydrogen-bond acceptors (Lipinski definition) is 4. The van der Waals surface area contributed by atoms with Crippen molar-refractivity contribution < 1.29 is 19.0 Å². The molecule has 0 aliphatic heterocycles. The minimum absolute atomic E-state index is 0.0883. The molecule has 0 radical (unpaired) electrons. The van der Waals surface area contributed by atoms with Gasteiger partial charge in [0.05, 0.1) is 11.6 Å². The van der Waals surface area contributed by atoms with Crippen molar-refractivity contribution in [1.29, 1.82) is 0 Å². The van der Waals surface area contributed by atoms with Crippen LogP contribution in [0.1, 0.15) is 0 Å². The Bertz CT molecular complexity index is 973. The van der Waals surface area contributed by atoms with Gasteiger partial charge < -0.3 is 9.84 Å². The third kappa shape index (κ3) is 2.74. The van der Waals surface area contributed by atoms with Crippen LogP contribution in [-0.4, -0.2) is 20.8 Å². The lowest BCUT2D eigenvalue weighted by atomic mass is 10.2. The zero-order valence-electron chi connectivity index (χ0n) is 11.4. The summed E-state index contributed by atoms with van der Waals surface area (Å²) in [4.78, 5) is 26.9. The summed E-state index contributed by atoms with van der Waals surface area (Å²) >= 11 is 5.70. The zero-order valence-corrected chi connectivity index (χ0v) is 12.1. The van der Waals surface area contributed by atoms with E-state index in [-0.39, 0.29) is 11.0 Å². The van der Waals surface area contributed by atoms with Crippen LogP contribution in [0.5, 0.6) is 5.75 Å². The average Bonchev–Trinajstić information content (AvgIpc) is 2.52. The van der Waals surface area contributed by atoms with Gasteiger partial charge in [0.25, 0.3) is 0 Å². The maximum absolute atomic E-state index is 13.7. The topological polar surface area (TPSA) is 81.4 Å². The highest BCUT2D eigenvalue weighted by atomic mass is 35.5. The van der Waals surface area contributed by atoms with Crippen LogP contribution in [-0.2, 0) is 0 Å². The molecule has 0 saturated heterocycles. The number of benzene rings is 1. The number of halogens is 2. The highest BCUT2D eigenvalue weighted by Crippen LogP contribution is 2.22. The van der Waals surface area contributed by atoms with Gasteiger partial charge >= 0.3 is 6.16 Å². The molecular formula is C15H8ClFN2O4. The van der Waals surface area contributed by atoms with E-state index >= 15 is 0 Å². The van der Waals surface area contributed by atoms with Crippen LogP contribution in [0, 0.1) is 5.82 Å². The van der Waals surface area contributed by atoms with E-state index in [1.165, 1.54) is 10.8 Å². The number of pyridine rings is 2. The zero-order chi connectivity index (χ0) is 16.6. The van der Waals surface area contributed by atoms with Crippen LogP contribution < -0.4 is 10.2 Å². The Morgan fingerprint density at radius 2 is 2.00 bits per heavy atom. The van der Waals surface area contributed by atoms with E-state index in [1.807, 2.05) is 0 Å². The molecule has 3 aromatic rings. The summed E-state index contributed by atoms with van der Waals surface area (Å²) in [5.74, 6) is -1.35. The molecule has 2 heterocycles. The van der Waals surface area contributed by atoms with E-state index < -0.39 is 28.3 Å². The maximum Gasteiger partial charge on any atom is 0.511 e. The van der Waals surface area contributed by atoms with Gasteiger partial charge in [0.15, 0.2) is 22.4 Å². The Morgan fingerprint density at radius 3 is 2.65 bits per heavy atom. The number of nitrogens with zero attached hydrogens (tertiary/aromatic N) is 2. The summed E-state index contributed by atoms with van der Waals surface area (Å²) in [6, 6.07) is 9.56. The number of para-hydroxylation sites is 1. The predicted octanol–water partition coefficient (Wildman–Crippen LogP) is 3.24. The van der Waals surface area contributed by atoms with E-state index in [2.05, 4.69) is 9.72 Å². The molecule has 0 aliphatic rings. The van der Waals surface area contributed by atoms with Gasteiger partial charge in [0.2, 0.25) is 5.43 Å². The van der Waals surface area contributed by atoms with Gasteiger partial charge in [-0.1, -0.05) is 29.8 Å². The Kier molecular flexibility index (Phi) is 3.71. The highest BCUT2D eigenvalue weighted by Gasteiger charge is 2.17. The van der Waals surface area contributed by atoms with Crippen molar-refractivity contribution in [2.75, 3.05) is 0 Å².